The fourth-order valence-corrected chi connectivity index (χ4v) is 1.72. The Balaban J connectivity index is 3.61. The number of hydrogen-bond donors (Lipinski definition) is 1. The number of pyridine rings is 1. The molecule has 0 aliphatic rings. The molecule has 26 heavy (non-hydrogen) atoms. The fraction of sp³-hybridized carbons (Fsp3) is 0.545. The van der Waals surface area contributed by atoms with E-state index in [-0.39, 0.29) is 6.20 Å². The van der Waals surface area contributed by atoms with E-state index in [9.17, 15) is 52.7 Å². The Labute approximate surface area is 140 Å². The van der Waals surface area contributed by atoms with Gasteiger partial charge in [0.25, 0.3) is 0 Å². The van der Waals surface area contributed by atoms with Crippen molar-refractivity contribution in [3.63, 3.8) is 0 Å². The molecule has 0 bridgehead atoms. The molecule has 2 nitrogen and oxygen atoms in total. The molecule has 0 spiro atoms. The molecule has 0 saturated carbocycles. The summed E-state index contributed by atoms with van der Waals surface area (Å²) < 4.78 is 158. The summed E-state index contributed by atoms with van der Waals surface area (Å²) in [6.07, 6.45) is 0.410. The summed E-state index contributed by atoms with van der Waals surface area (Å²) in [5, 5.41) is -6.47. The van der Waals surface area contributed by atoms with E-state index in [0.29, 0.717) is 12.3 Å². The number of rotatable bonds is 6. The quantitative estimate of drug-likeness (QED) is 0.504. The van der Waals surface area contributed by atoms with Gasteiger partial charge in [-0.15, -0.1) is 0 Å². The van der Waals surface area contributed by atoms with E-state index in [1.165, 1.54) is 0 Å². The first-order chi connectivity index (χ1) is 11.3. The van der Waals surface area contributed by atoms with Crippen molar-refractivity contribution in [2.24, 2.45) is 0 Å². The van der Waals surface area contributed by atoms with Crippen LogP contribution in [0.25, 0.3) is 0 Å². The number of nitrogens with zero attached hydrogens (tertiary/aromatic N) is 1. The van der Waals surface area contributed by atoms with Crippen molar-refractivity contribution in [1.82, 2.24) is 4.98 Å². The molecule has 1 heterocycles. The minimum Gasteiger partial charge on any atom is -0.398 e. The zero-order chi connectivity index (χ0) is 21.0. The van der Waals surface area contributed by atoms with Crippen LogP contribution in [0.15, 0.2) is 18.5 Å². The van der Waals surface area contributed by atoms with Crippen LogP contribution in [0.5, 0.6) is 0 Å². The highest BCUT2D eigenvalue weighted by Crippen LogP contribution is 2.62. The number of alkyl halides is 13. The minimum atomic E-state index is -7.70. The molecular weight excluding hydrogens is 424 g/mol. The van der Waals surface area contributed by atoms with Crippen molar-refractivity contribution in [2.45, 2.75) is 35.0 Å². The molecule has 0 fully saturated rings. The SMILES string of the molecule is Nc1ccncc1C(F)(F)C(F)(F)C(F)(F)C(F)(F)C(F)(F)C(F)(F)Cl. The highest BCUT2D eigenvalue weighted by molar-refractivity contribution is 6.22. The van der Waals surface area contributed by atoms with Gasteiger partial charge in [-0.2, -0.15) is 52.7 Å². The molecule has 0 radical (unpaired) electrons. The van der Waals surface area contributed by atoms with Crippen LogP contribution < -0.4 is 5.73 Å². The molecule has 2 N–H and O–H groups in total. The van der Waals surface area contributed by atoms with Gasteiger partial charge in [-0.25, -0.2) is 0 Å². The predicted molar refractivity (Wildman–Crippen MR) is 63.1 cm³/mol. The molecule has 1 rings (SSSR count). The van der Waals surface area contributed by atoms with Crippen molar-refractivity contribution < 1.29 is 52.7 Å². The standard InChI is InChI=1S/C11H5ClF12N2/c12-11(23,24)10(21,22)9(19,20)8(17,18)7(15,16)6(13,14)4-3-26-2-1-5(4)25/h1-3H,(H2,25,26). The van der Waals surface area contributed by atoms with Crippen LogP contribution in [-0.2, 0) is 5.92 Å². The Bertz CT molecular complexity index is 669. The lowest BCUT2D eigenvalue weighted by Gasteiger charge is -2.40. The smallest absolute Gasteiger partial charge is 0.393 e. The van der Waals surface area contributed by atoms with Crippen LogP contribution in [0.1, 0.15) is 5.56 Å². The lowest BCUT2D eigenvalue weighted by atomic mass is 9.91. The number of nitrogen functional groups attached to an aromatic ring is 1. The third-order valence-electron chi connectivity index (χ3n) is 3.13. The number of hydrogen-bond acceptors (Lipinski definition) is 2. The molecular formula is C11H5ClF12N2. The second kappa shape index (κ2) is 5.96. The maximum atomic E-state index is 13.8. The van der Waals surface area contributed by atoms with E-state index in [1.54, 1.807) is 0 Å². The van der Waals surface area contributed by atoms with Gasteiger partial charge < -0.3 is 5.73 Å². The van der Waals surface area contributed by atoms with Crippen molar-refractivity contribution in [3.8, 4) is 0 Å². The minimum absolute atomic E-state index is 0.217. The Morgan fingerprint density at radius 3 is 1.54 bits per heavy atom. The summed E-state index contributed by atoms with van der Waals surface area (Å²) in [6.45, 7) is 0. The summed E-state index contributed by atoms with van der Waals surface area (Å²) in [5.41, 5.74) is 1.28. The van der Waals surface area contributed by atoms with E-state index < -0.39 is 46.2 Å². The van der Waals surface area contributed by atoms with Gasteiger partial charge in [0, 0.05) is 18.1 Å². The van der Waals surface area contributed by atoms with Gasteiger partial charge in [-0.3, -0.25) is 4.98 Å². The third kappa shape index (κ3) is 2.81. The lowest BCUT2D eigenvalue weighted by Crippen LogP contribution is -2.69. The second-order valence-corrected chi connectivity index (χ2v) is 5.31. The van der Waals surface area contributed by atoms with E-state index >= 15 is 0 Å². The number of anilines is 1. The second-order valence-electron chi connectivity index (χ2n) is 4.83. The molecule has 1 aromatic rings. The summed E-state index contributed by atoms with van der Waals surface area (Å²) in [5.74, 6) is -36.4. The van der Waals surface area contributed by atoms with Crippen LogP contribution in [0, 0.1) is 0 Å². The average Bonchev–Trinajstić information content (AvgIpc) is 2.45. The largest absolute Gasteiger partial charge is 0.398 e. The maximum absolute atomic E-state index is 13.8. The molecule has 0 unspecified atom stereocenters. The first kappa shape index (κ1) is 22.4. The first-order valence-corrected chi connectivity index (χ1v) is 6.30. The van der Waals surface area contributed by atoms with Gasteiger partial charge >= 0.3 is 35.0 Å². The molecule has 0 atom stereocenters. The highest BCUT2D eigenvalue weighted by atomic mass is 35.5. The number of nitrogens with two attached hydrogens (primary N) is 1. The molecule has 15 heteroatoms. The van der Waals surface area contributed by atoms with Gasteiger partial charge in [0.05, 0.1) is 5.56 Å². The normalized spacial score (nSPS) is 15.3. The van der Waals surface area contributed by atoms with Crippen LogP contribution >= 0.6 is 11.6 Å². The topological polar surface area (TPSA) is 38.9 Å². The molecule has 0 aliphatic carbocycles. The van der Waals surface area contributed by atoms with Crippen LogP contribution in [0.3, 0.4) is 0 Å². The van der Waals surface area contributed by atoms with Crippen LogP contribution in [0.4, 0.5) is 58.4 Å². The zero-order valence-electron chi connectivity index (χ0n) is 11.7. The summed E-state index contributed by atoms with van der Waals surface area (Å²) >= 11 is 3.56. The van der Waals surface area contributed by atoms with E-state index in [1.807, 2.05) is 0 Å². The van der Waals surface area contributed by atoms with Gasteiger partial charge in [0.15, 0.2) is 0 Å². The van der Waals surface area contributed by atoms with Crippen LogP contribution in [0.2, 0.25) is 0 Å². The molecule has 150 valence electrons. The number of aromatic nitrogens is 1. The fourth-order valence-electron chi connectivity index (χ4n) is 1.61. The van der Waals surface area contributed by atoms with Crippen molar-refractivity contribution in [2.75, 3.05) is 5.73 Å². The maximum Gasteiger partial charge on any atom is 0.393 e. The Morgan fingerprint density at radius 2 is 1.15 bits per heavy atom. The van der Waals surface area contributed by atoms with Gasteiger partial charge in [0.1, 0.15) is 0 Å². The van der Waals surface area contributed by atoms with Crippen molar-refractivity contribution in [3.05, 3.63) is 24.0 Å². The number of halogens is 13. The molecule has 0 aromatic carbocycles. The van der Waals surface area contributed by atoms with Gasteiger partial charge in [-0.05, 0) is 17.7 Å². The highest BCUT2D eigenvalue weighted by Gasteiger charge is 2.90. The first-order valence-electron chi connectivity index (χ1n) is 5.92. The molecule has 0 amide bonds. The van der Waals surface area contributed by atoms with E-state index in [2.05, 4.69) is 16.6 Å². The lowest BCUT2D eigenvalue weighted by molar-refractivity contribution is -0.419. The summed E-state index contributed by atoms with van der Waals surface area (Å²) in [7, 11) is 0. The van der Waals surface area contributed by atoms with Crippen molar-refractivity contribution in [1.29, 1.82) is 0 Å². The van der Waals surface area contributed by atoms with Crippen molar-refractivity contribution >= 4 is 17.3 Å². The third-order valence-corrected chi connectivity index (χ3v) is 3.36. The Hall–Kier alpha value is -1.60. The van der Waals surface area contributed by atoms with Crippen LogP contribution in [-0.4, -0.2) is 34.1 Å². The van der Waals surface area contributed by atoms with E-state index in [0.717, 1.165) is 0 Å². The monoisotopic (exact) mass is 428 g/mol. The average molecular weight is 429 g/mol. The summed E-state index contributed by atoms with van der Waals surface area (Å²) in [6, 6.07) is 0.386. The van der Waals surface area contributed by atoms with Gasteiger partial charge in [0.2, 0.25) is 0 Å². The Kier molecular flexibility index (Phi) is 5.14. The van der Waals surface area contributed by atoms with E-state index in [4.69, 9.17) is 5.73 Å². The molecule has 0 aliphatic heterocycles. The zero-order valence-corrected chi connectivity index (χ0v) is 12.4. The Morgan fingerprint density at radius 1 is 0.731 bits per heavy atom. The summed E-state index contributed by atoms with van der Waals surface area (Å²) in [4.78, 5) is 2.84. The predicted octanol–water partition coefficient (Wildman–Crippen LogP) is 5.13. The molecule has 1 aromatic heterocycles. The molecule has 0 saturated heterocycles. The van der Waals surface area contributed by atoms with Gasteiger partial charge in [-0.1, -0.05) is 0 Å².